The molecule has 130 valence electrons. The largest absolute Gasteiger partial charge is 0.383 e. The minimum Gasteiger partial charge on any atom is -0.383 e. The maximum absolute atomic E-state index is 13.2. The lowest BCUT2D eigenvalue weighted by Crippen LogP contribution is -2.19. The Morgan fingerprint density at radius 2 is 2.12 bits per heavy atom. The van der Waals surface area contributed by atoms with Gasteiger partial charge in [-0.25, -0.2) is 4.39 Å². The zero-order valence-corrected chi connectivity index (χ0v) is 15.3. The third-order valence-electron chi connectivity index (χ3n) is 3.72. The van der Waals surface area contributed by atoms with Crippen LogP contribution in [0, 0.1) is 12.7 Å². The molecule has 0 N–H and O–H groups in total. The number of rotatable bonds is 4. The first kappa shape index (κ1) is 17.8. The van der Waals surface area contributed by atoms with Crippen molar-refractivity contribution in [2.45, 2.75) is 13.5 Å². The first-order valence-corrected chi connectivity index (χ1v) is 8.82. The molecule has 25 heavy (non-hydrogen) atoms. The molecule has 1 amide bonds. The van der Waals surface area contributed by atoms with Crippen LogP contribution in [0.5, 0.6) is 0 Å². The van der Waals surface area contributed by atoms with E-state index in [1.165, 1.54) is 23.5 Å². The second-order valence-corrected chi connectivity index (χ2v) is 6.96. The molecule has 0 spiro atoms. The highest BCUT2D eigenvalue weighted by Gasteiger charge is 2.12. The van der Waals surface area contributed by atoms with Crippen LogP contribution in [0.4, 0.5) is 4.39 Å². The zero-order chi connectivity index (χ0) is 18.0. The van der Waals surface area contributed by atoms with Gasteiger partial charge in [0, 0.05) is 13.7 Å². The molecule has 1 aromatic heterocycles. The van der Waals surface area contributed by atoms with Crippen molar-refractivity contribution in [1.29, 1.82) is 0 Å². The van der Waals surface area contributed by atoms with Crippen molar-refractivity contribution in [1.82, 2.24) is 4.57 Å². The minimum atomic E-state index is -0.501. The van der Waals surface area contributed by atoms with Crippen LogP contribution >= 0.6 is 22.9 Å². The molecule has 2 aromatic carbocycles. The van der Waals surface area contributed by atoms with Crippen LogP contribution in [0.15, 0.2) is 41.4 Å². The Hall–Kier alpha value is -2.02. The van der Waals surface area contributed by atoms with Crippen molar-refractivity contribution in [3.05, 3.63) is 63.2 Å². The molecule has 0 fully saturated rings. The predicted octanol–water partition coefficient (Wildman–Crippen LogP) is 4.19. The maximum Gasteiger partial charge on any atom is 0.281 e. The van der Waals surface area contributed by atoms with Crippen LogP contribution in [0.3, 0.4) is 0 Å². The third-order valence-corrected chi connectivity index (χ3v) is 5.07. The summed E-state index contributed by atoms with van der Waals surface area (Å²) in [7, 11) is 1.62. The van der Waals surface area contributed by atoms with Crippen LogP contribution in [0.25, 0.3) is 10.2 Å². The summed E-state index contributed by atoms with van der Waals surface area (Å²) in [6.45, 7) is 3.08. The minimum absolute atomic E-state index is 0.0501. The molecule has 0 radical (unpaired) electrons. The fourth-order valence-electron chi connectivity index (χ4n) is 2.47. The maximum atomic E-state index is 13.2. The number of hydrogen-bond acceptors (Lipinski definition) is 3. The van der Waals surface area contributed by atoms with Gasteiger partial charge in [0.1, 0.15) is 5.82 Å². The van der Waals surface area contributed by atoms with Crippen molar-refractivity contribution in [3.63, 3.8) is 0 Å². The van der Waals surface area contributed by atoms with Crippen LogP contribution in [0.2, 0.25) is 5.02 Å². The highest BCUT2D eigenvalue weighted by molar-refractivity contribution is 7.16. The number of benzene rings is 2. The van der Waals surface area contributed by atoms with E-state index in [9.17, 15) is 9.18 Å². The van der Waals surface area contributed by atoms with Gasteiger partial charge in [0.25, 0.3) is 5.91 Å². The number of carbonyl (C=O) groups excluding carboxylic acids is 1. The Balaban J connectivity index is 2.12. The molecule has 4 nitrogen and oxygen atoms in total. The summed E-state index contributed by atoms with van der Waals surface area (Å²) in [6.07, 6.45) is 0. The Labute approximate surface area is 153 Å². The summed E-state index contributed by atoms with van der Waals surface area (Å²) in [5.74, 6) is -0.992. The van der Waals surface area contributed by atoms with Crippen molar-refractivity contribution >= 4 is 39.1 Å². The normalized spacial score (nSPS) is 12.1. The molecule has 0 saturated carbocycles. The molecule has 0 aliphatic heterocycles. The number of nitrogens with zero attached hydrogens (tertiary/aromatic N) is 2. The summed E-state index contributed by atoms with van der Waals surface area (Å²) < 4.78 is 21.3. The van der Waals surface area contributed by atoms with Gasteiger partial charge in [0.2, 0.25) is 0 Å². The molecule has 0 unspecified atom stereocenters. The molecular weight excluding hydrogens is 363 g/mol. The van der Waals surface area contributed by atoms with E-state index in [4.69, 9.17) is 16.3 Å². The monoisotopic (exact) mass is 378 g/mol. The van der Waals surface area contributed by atoms with Crippen LogP contribution in [0.1, 0.15) is 15.9 Å². The fourth-order valence-corrected chi connectivity index (χ4v) is 3.88. The Morgan fingerprint density at radius 3 is 2.84 bits per heavy atom. The van der Waals surface area contributed by atoms with Crippen LogP contribution in [-0.4, -0.2) is 24.2 Å². The molecule has 0 atom stereocenters. The Bertz CT molecular complexity index is 1010. The number of halogens is 2. The van der Waals surface area contributed by atoms with Gasteiger partial charge >= 0.3 is 0 Å². The van der Waals surface area contributed by atoms with Gasteiger partial charge < -0.3 is 9.30 Å². The average molecular weight is 379 g/mol. The first-order chi connectivity index (χ1) is 12.0. The lowest BCUT2D eigenvalue weighted by atomic mass is 10.2. The van der Waals surface area contributed by atoms with Crippen molar-refractivity contribution < 1.29 is 13.9 Å². The van der Waals surface area contributed by atoms with E-state index in [1.54, 1.807) is 7.11 Å². The number of ether oxygens (including phenoxy) is 1. The Morgan fingerprint density at radius 1 is 1.32 bits per heavy atom. The number of hydrogen-bond donors (Lipinski definition) is 0. The lowest BCUT2D eigenvalue weighted by molar-refractivity contribution is 0.0997. The number of fused-ring (bicyclic) bond motifs is 1. The quantitative estimate of drug-likeness (QED) is 0.683. The lowest BCUT2D eigenvalue weighted by Gasteiger charge is -2.04. The number of carbonyl (C=O) groups is 1. The van der Waals surface area contributed by atoms with E-state index < -0.39 is 11.7 Å². The summed E-state index contributed by atoms with van der Waals surface area (Å²) in [5.41, 5.74) is 2.30. The zero-order valence-electron chi connectivity index (χ0n) is 13.8. The van der Waals surface area contributed by atoms with E-state index in [1.807, 2.05) is 23.6 Å². The van der Waals surface area contributed by atoms with Crippen molar-refractivity contribution in [2.24, 2.45) is 4.99 Å². The number of thiazole rings is 1. The highest BCUT2D eigenvalue weighted by Crippen LogP contribution is 2.20. The molecule has 7 heteroatoms. The van der Waals surface area contributed by atoms with Gasteiger partial charge in [0.15, 0.2) is 4.80 Å². The first-order valence-electron chi connectivity index (χ1n) is 7.62. The number of amides is 1. The highest BCUT2D eigenvalue weighted by atomic mass is 35.5. The third kappa shape index (κ3) is 3.81. The SMILES string of the molecule is COCCn1c(=NC(=O)c2ccc(F)cc2Cl)sc2cc(C)ccc21. The van der Waals surface area contributed by atoms with Gasteiger partial charge in [-0.3, -0.25) is 4.79 Å². The van der Waals surface area contributed by atoms with Crippen LogP contribution < -0.4 is 4.80 Å². The standard InChI is InChI=1S/C18H16ClFN2O2S/c1-11-3-6-15-16(9-11)25-18(22(15)7-8-24-2)21-17(23)13-5-4-12(20)10-14(13)19/h3-6,9-10H,7-8H2,1-2H3. The van der Waals surface area contributed by atoms with E-state index in [-0.39, 0.29) is 10.6 Å². The number of aryl methyl sites for hydroxylation is 1. The van der Waals surface area contributed by atoms with E-state index in [0.29, 0.717) is 18.0 Å². The molecule has 3 rings (SSSR count). The van der Waals surface area contributed by atoms with Gasteiger partial charge in [-0.15, -0.1) is 0 Å². The van der Waals surface area contributed by atoms with Gasteiger partial charge in [-0.2, -0.15) is 4.99 Å². The molecule has 0 aliphatic carbocycles. The van der Waals surface area contributed by atoms with Gasteiger partial charge in [-0.05, 0) is 42.8 Å². The summed E-state index contributed by atoms with van der Waals surface area (Å²) >= 11 is 7.39. The fraction of sp³-hybridized carbons (Fsp3) is 0.222. The van der Waals surface area contributed by atoms with E-state index in [0.717, 1.165) is 21.8 Å². The second-order valence-electron chi connectivity index (χ2n) is 5.54. The second kappa shape index (κ2) is 7.47. The molecule has 3 aromatic rings. The molecule has 0 bridgehead atoms. The van der Waals surface area contributed by atoms with E-state index in [2.05, 4.69) is 11.1 Å². The molecule has 0 saturated heterocycles. The molecule has 1 heterocycles. The van der Waals surface area contributed by atoms with Crippen molar-refractivity contribution in [2.75, 3.05) is 13.7 Å². The van der Waals surface area contributed by atoms with Crippen LogP contribution in [-0.2, 0) is 11.3 Å². The molecular formula is C18H16ClFN2O2S. The smallest absolute Gasteiger partial charge is 0.281 e. The molecule has 0 aliphatic rings. The van der Waals surface area contributed by atoms with Gasteiger partial charge in [0.05, 0.1) is 27.4 Å². The number of methoxy groups -OCH3 is 1. The Kier molecular flexibility index (Phi) is 5.32. The van der Waals surface area contributed by atoms with E-state index >= 15 is 0 Å². The summed E-state index contributed by atoms with van der Waals surface area (Å²) in [5, 5.41) is 0.0501. The number of aromatic nitrogens is 1. The van der Waals surface area contributed by atoms with Gasteiger partial charge in [-0.1, -0.05) is 29.0 Å². The summed E-state index contributed by atoms with van der Waals surface area (Å²) in [6, 6.07) is 9.73. The summed E-state index contributed by atoms with van der Waals surface area (Å²) in [4.78, 5) is 17.3. The average Bonchev–Trinajstić information content (AvgIpc) is 2.88. The topological polar surface area (TPSA) is 43.6 Å². The predicted molar refractivity (Wildman–Crippen MR) is 97.7 cm³/mol. The van der Waals surface area contributed by atoms with Crippen molar-refractivity contribution in [3.8, 4) is 0 Å².